The molecule has 1 aliphatic rings. The van der Waals surface area contributed by atoms with Crippen molar-refractivity contribution < 1.29 is 9.59 Å². The van der Waals surface area contributed by atoms with Crippen molar-refractivity contribution in [2.75, 3.05) is 0 Å². The molecule has 136 valence electrons. The van der Waals surface area contributed by atoms with Gasteiger partial charge in [0.1, 0.15) is 5.71 Å². The predicted molar refractivity (Wildman–Crippen MR) is 98.7 cm³/mol. The molecule has 0 aromatic heterocycles. The van der Waals surface area contributed by atoms with Crippen molar-refractivity contribution in [1.29, 1.82) is 0 Å². The lowest BCUT2D eigenvalue weighted by Gasteiger charge is -2.16. The molecule has 0 saturated heterocycles. The topological polar surface area (TPSA) is 82.6 Å². The van der Waals surface area contributed by atoms with Crippen molar-refractivity contribution in [3.8, 4) is 0 Å². The highest BCUT2D eigenvalue weighted by atomic mass is 16.2. The smallest absolute Gasteiger partial charge is 0.282 e. The second kappa shape index (κ2) is 9.32. The third kappa shape index (κ3) is 5.39. The molecule has 0 fully saturated rings. The van der Waals surface area contributed by atoms with E-state index in [1.165, 1.54) is 31.2 Å². The van der Waals surface area contributed by atoms with Gasteiger partial charge in [0.25, 0.3) is 5.91 Å². The Balaban J connectivity index is 1.79. The van der Waals surface area contributed by atoms with Crippen LogP contribution in [0.2, 0.25) is 0 Å². The highest BCUT2D eigenvalue weighted by Gasteiger charge is 2.30. The van der Waals surface area contributed by atoms with Crippen molar-refractivity contribution >= 4 is 17.5 Å². The molecule has 0 unspecified atom stereocenters. The van der Waals surface area contributed by atoms with Crippen LogP contribution in [0, 0.1) is 5.92 Å². The van der Waals surface area contributed by atoms with E-state index in [1.54, 1.807) is 6.92 Å². The summed E-state index contributed by atoms with van der Waals surface area (Å²) in [5.41, 5.74) is 10.5. The molecule has 6 heteroatoms. The molecule has 0 radical (unpaired) electrons. The zero-order chi connectivity index (χ0) is 18.2. The predicted octanol–water partition coefficient (Wildman–Crippen LogP) is 2.61. The number of nitrogens with zero attached hydrogens (tertiary/aromatic N) is 1. The van der Waals surface area contributed by atoms with Crippen LogP contribution in [0.25, 0.3) is 0 Å². The molecule has 1 aliphatic heterocycles. The number of hydrazine groups is 1. The Hall–Kier alpha value is -2.21. The van der Waals surface area contributed by atoms with E-state index in [9.17, 15) is 9.59 Å². The van der Waals surface area contributed by atoms with Gasteiger partial charge in [-0.2, -0.15) is 5.10 Å². The number of aryl methyl sites for hydroxylation is 1. The lowest BCUT2D eigenvalue weighted by molar-refractivity contribution is -0.122. The Morgan fingerprint density at radius 1 is 1.24 bits per heavy atom. The Bertz CT molecular complexity index is 625. The van der Waals surface area contributed by atoms with Gasteiger partial charge in [-0.05, 0) is 37.8 Å². The second-order valence-corrected chi connectivity index (χ2v) is 6.57. The highest BCUT2D eigenvalue weighted by Crippen LogP contribution is 2.15. The van der Waals surface area contributed by atoms with E-state index in [4.69, 9.17) is 0 Å². The normalized spacial score (nSPS) is 17.8. The van der Waals surface area contributed by atoms with Gasteiger partial charge in [-0.1, -0.05) is 50.5 Å². The first kappa shape index (κ1) is 19.1. The summed E-state index contributed by atoms with van der Waals surface area (Å²) in [5, 5.41) is 3.77. The summed E-state index contributed by atoms with van der Waals surface area (Å²) in [5.74, 6) is -1.16. The molecule has 0 saturated carbocycles. The van der Waals surface area contributed by atoms with Crippen LogP contribution < -0.4 is 16.3 Å². The minimum atomic E-state index is -0.524. The van der Waals surface area contributed by atoms with E-state index in [2.05, 4.69) is 52.6 Å². The van der Waals surface area contributed by atoms with Crippen molar-refractivity contribution in [2.45, 2.75) is 58.9 Å². The van der Waals surface area contributed by atoms with Gasteiger partial charge in [-0.15, -0.1) is 0 Å². The molecule has 0 bridgehead atoms. The summed E-state index contributed by atoms with van der Waals surface area (Å²) in [7, 11) is 0. The first-order chi connectivity index (χ1) is 12.0. The molecule has 2 amide bonds. The van der Waals surface area contributed by atoms with Gasteiger partial charge in [0.2, 0.25) is 5.91 Å². The van der Waals surface area contributed by atoms with Gasteiger partial charge in [-0.3, -0.25) is 15.0 Å². The number of carbonyl (C=O) groups is 2. The lowest BCUT2D eigenvalue weighted by atomic mass is 10.0. The SMILES string of the molecule is CCCCCCc1ccc([C@@H](C)NNC(=O)C2=NNC(=O)[C@@H]2C)cc1. The van der Waals surface area contributed by atoms with Crippen LogP contribution in [-0.2, 0) is 16.0 Å². The molecular weight excluding hydrogens is 316 g/mol. The van der Waals surface area contributed by atoms with Crippen LogP contribution in [0.5, 0.6) is 0 Å². The molecule has 1 aromatic rings. The molecule has 1 heterocycles. The van der Waals surface area contributed by atoms with Crippen molar-refractivity contribution in [3.05, 3.63) is 35.4 Å². The van der Waals surface area contributed by atoms with E-state index >= 15 is 0 Å². The Morgan fingerprint density at radius 3 is 2.56 bits per heavy atom. The van der Waals surface area contributed by atoms with Crippen LogP contribution in [-0.4, -0.2) is 17.5 Å². The third-order valence-electron chi connectivity index (χ3n) is 4.52. The number of benzene rings is 1. The van der Waals surface area contributed by atoms with E-state index in [1.807, 2.05) is 6.92 Å². The van der Waals surface area contributed by atoms with Gasteiger partial charge in [0.15, 0.2) is 0 Å². The van der Waals surface area contributed by atoms with Gasteiger partial charge < -0.3 is 0 Å². The maximum absolute atomic E-state index is 12.1. The minimum Gasteiger partial charge on any atom is -0.286 e. The van der Waals surface area contributed by atoms with Crippen LogP contribution >= 0.6 is 0 Å². The number of hydrogen-bond donors (Lipinski definition) is 3. The maximum atomic E-state index is 12.1. The quantitative estimate of drug-likeness (QED) is 0.476. The molecule has 2 atom stereocenters. The molecule has 1 aromatic carbocycles. The molecule has 25 heavy (non-hydrogen) atoms. The average molecular weight is 344 g/mol. The van der Waals surface area contributed by atoms with Crippen LogP contribution in [0.15, 0.2) is 29.4 Å². The zero-order valence-electron chi connectivity index (χ0n) is 15.3. The molecule has 2 rings (SSSR count). The Labute approximate surface area is 149 Å². The maximum Gasteiger partial charge on any atom is 0.282 e. The molecule has 0 aliphatic carbocycles. The zero-order valence-corrected chi connectivity index (χ0v) is 15.3. The fourth-order valence-electron chi connectivity index (χ4n) is 2.73. The number of unbranched alkanes of at least 4 members (excludes halogenated alkanes) is 3. The molecular formula is C19H28N4O2. The van der Waals surface area contributed by atoms with E-state index in [0.29, 0.717) is 0 Å². The summed E-state index contributed by atoms with van der Waals surface area (Å²) in [6.45, 7) is 5.85. The fraction of sp³-hybridized carbons (Fsp3) is 0.526. The van der Waals surface area contributed by atoms with Crippen LogP contribution in [0.4, 0.5) is 0 Å². The van der Waals surface area contributed by atoms with Gasteiger partial charge in [-0.25, -0.2) is 10.9 Å². The standard InChI is InChI=1S/C19H28N4O2/c1-4-5-6-7-8-15-9-11-16(12-10-15)14(3)20-23-19(25)17-13(2)18(24)22-21-17/h9-14,20H,4-8H2,1-3H3,(H,22,24)(H,23,25)/t13-,14-/m1/s1. The Morgan fingerprint density at radius 2 is 1.96 bits per heavy atom. The van der Waals surface area contributed by atoms with Crippen LogP contribution in [0.1, 0.15) is 63.6 Å². The summed E-state index contributed by atoms with van der Waals surface area (Å²) < 4.78 is 0. The summed E-state index contributed by atoms with van der Waals surface area (Å²) >= 11 is 0. The largest absolute Gasteiger partial charge is 0.286 e. The number of nitrogens with one attached hydrogen (secondary N) is 3. The summed E-state index contributed by atoms with van der Waals surface area (Å²) in [6, 6.07) is 8.42. The van der Waals surface area contributed by atoms with E-state index in [-0.39, 0.29) is 23.6 Å². The number of rotatable bonds is 9. The minimum absolute atomic E-state index is 0.0425. The lowest BCUT2D eigenvalue weighted by Crippen LogP contribution is -2.44. The second-order valence-electron chi connectivity index (χ2n) is 6.57. The Kier molecular flexibility index (Phi) is 7.13. The van der Waals surface area contributed by atoms with Crippen LogP contribution in [0.3, 0.4) is 0 Å². The van der Waals surface area contributed by atoms with E-state index in [0.717, 1.165) is 12.0 Å². The number of carbonyl (C=O) groups excluding carboxylic acids is 2. The molecule has 3 N–H and O–H groups in total. The fourth-order valence-corrected chi connectivity index (χ4v) is 2.73. The number of amides is 2. The van der Waals surface area contributed by atoms with Gasteiger partial charge >= 0.3 is 0 Å². The third-order valence-corrected chi connectivity index (χ3v) is 4.52. The van der Waals surface area contributed by atoms with Crippen molar-refractivity contribution in [3.63, 3.8) is 0 Å². The highest BCUT2D eigenvalue weighted by molar-refractivity contribution is 6.44. The van der Waals surface area contributed by atoms with Crippen molar-refractivity contribution in [2.24, 2.45) is 11.0 Å². The number of hydrazone groups is 1. The molecule has 6 nitrogen and oxygen atoms in total. The average Bonchev–Trinajstić information content (AvgIpc) is 2.96. The first-order valence-electron chi connectivity index (χ1n) is 9.05. The van der Waals surface area contributed by atoms with Gasteiger partial charge in [0.05, 0.1) is 5.92 Å². The summed E-state index contributed by atoms with van der Waals surface area (Å²) in [6.07, 6.45) is 6.16. The monoisotopic (exact) mass is 344 g/mol. The number of hydrogen-bond acceptors (Lipinski definition) is 4. The van der Waals surface area contributed by atoms with E-state index < -0.39 is 5.92 Å². The molecule has 0 spiro atoms. The first-order valence-corrected chi connectivity index (χ1v) is 9.05. The summed E-state index contributed by atoms with van der Waals surface area (Å²) in [4.78, 5) is 23.4. The van der Waals surface area contributed by atoms with Crippen molar-refractivity contribution in [1.82, 2.24) is 16.3 Å². The van der Waals surface area contributed by atoms with Gasteiger partial charge in [0, 0.05) is 6.04 Å².